The normalized spacial score (nSPS) is 28.9. The molecule has 6 heteroatoms. The summed E-state index contributed by atoms with van der Waals surface area (Å²) in [5.74, 6) is -0.0179. The van der Waals surface area contributed by atoms with Gasteiger partial charge in [-0.05, 0) is 51.1 Å². The molecule has 142 valence electrons. The van der Waals surface area contributed by atoms with Crippen molar-refractivity contribution in [3.63, 3.8) is 0 Å². The number of amides is 2. The minimum atomic E-state index is -0.770. The number of aliphatic hydroxyl groups is 1. The van der Waals surface area contributed by atoms with Crippen LogP contribution in [-0.2, 0) is 9.59 Å². The molecule has 3 fully saturated rings. The first kappa shape index (κ1) is 18.6. The first-order valence-corrected chi connectivity index (χ1v) is 10.1. The molecule has 1 aliphatic carbocycles. The van der Waals surface area contributed by atoms with Crippen molar-refractivity contribution >= 4 is 11.8 Å². The summed E-state index contributed by atoms with van der Waals surface area (Å²) < 4.78 is 0. The van der Waals surface area contributed by atoms with Crippen molar-refractivity contribution in [2.75, 3.05) is 19.6 Å². The van der Waals surface area contributed by atoms with Crippen LogP contribution in [0.2, 0.25) is 0 Å². The molecule has 0 aromatic heterocycles. The molecule has 3 aliphatic rings. The minimum absolute atomic E-state index is 0.0652. The topological polar surface area (TPSA) is 81.7 Å². The molecule has 0 radical (unpaired) electrons. The molecule has 3 rings (SSSR count). The molecule has 0 unspecified atom stereocenters. The molecule has 2 saturated heterocycles. The first-order valence-electron chi connectivity index (χ1n) is 10.1. The van der Waals surface area contributed by atoms with Gasteiger partial charge in [0.15, 0.2) is 0 Å². The van der Waals surface area contributed by atoms with Crippen LogP contribution in [0.5, 0.6) is 0 Å². The Bertz CT molecular complexity index is 484. The lowest BCUT2D eigenvalue weighted by atomic mass is 9.78. The van der Waals surface area contributed by atoms with Crippen molar-refractivity contribution in [3.8, 4) is 0 Å². The van der Waals surface area contributed by atoms with E-state index in [9.17, 15) is 14.7 Å². The van der Waals surface area contributed by atoms with Gasteiger partial charge in [0, 0.05) is 6.54 Å². The van der Waals surface area contributed by atoms with Crippen molar-refractivity contribution < 1.29 is 14.7 Å². The van der Waals surface area contributed by atoms with Gasteiger partial charge < -0.3 is 20.6 Å². The molecule has 1 spiro atoms. The van der Waals surface area contributed by atoms with Crippen LogP contribution in [0.25, 0.3) is 0 Å². The Kier molecular flexibility index (Phi) is 6.00. The molecule has 1 saturated carbocycles. The molecule has 0 aromatic carbocycles. The summed E-state index contributed by atoms with van der Waals surface area (Å²) >= 11 is 0. The third-order valence-electron chi connectivity index (χ3n) is 6.40. The molecule has 2 aliphatic heterocycles. The minimum Gasteiger partial charge on any atom is -0.390 e. The standard InChI is InChI=1S/C19H33N3O3/c1-2-3-13-22-17(24)15(16(23)14-7-5-4-6-8-14)21-18(25)19(22)9-11-20-12-10-19/h14-16,20,23H,2-13H2,1H3,(H,21,25)/t15-,16-/m0/s1. The van der Waals surface area contributed by atoms with E-state index in [1.165, 1.54) is 6.42 Å². The highest BCUT2D eigenvalue weighted by atomic mass is 16.3. The average Bonchev–Trinajstić information content (AvgIpc) is 2.66. The monoisotopic (exact) mass is 351 g/mol. The van der Waals surface area contributed by atoms with Crippen molar-refractivity contribution in [1.29, 1.82) is 0 Å². The van der Waals surface area contributed by atoms with Crippen LogP contribution >= 0.6 is 0 Å². The number of rotatable bonds is 5. The summed E-state index contributed by atoms with van der Waals surface area (Å²) in [6, 6.07) is -0.770. The van der Waals surface area contributed by atoms with Gasteiger partial charge in [0.1, 0.15) is 11.6 Å². The molecule has 3 N–H and O–H groups in total. The second-order valence-corrected chi connectivity index (χ2v) is 7.96. The van der Waals surface area contributed by atoms with Gasteiger partial charge >= 0.3 is 0 Å². The summed E-state index contributed by atoms with van der Waals surface area (Å²) in [7, 11) is 0. The lowest BCUT2D eigenvalue weighted by molar-refractivity contribution is -0.164. The second kappa shape index (κ2) is 8.04. The fourth-order valence-electron chi connectivity index (χ4n) is 4.80. The Morgan fingerprint density at radius 1 is 1.20 bits per heavy atom. The van der Waals surface area contributed by atoms with E-state index in [0.29, 0.717) is 19.4 Å². The highest BCUT2D eigenvalue weighted by molar-refractivity contribution is 6.00. The Morgan fingerprint density at radius 3 is 2.52 bits per heavy atom. The van der Waals surface area contributed by atoms with Gasteiger partial charge in [0.2, 0.25) is 11.8 Å². The number of piperidine rings is 1. The number of unbranched alkanes of at least 4 members (excludes halogenated alkanes) is 1. The smallest absolute Gasteiger partial charge is 0.248 e. The van der Waals surface area contributed by atoms with E-state index in [2.05, 4.69) is 17.6 Å². The highest BCUT2D eigenvalue weighted by Gasteiger charge is 2.54. The zero-order valence-electron chi connectivity index (χ0n) is 15.4. The number of nitrogens with one attached hydrogen (secondary N) is 2. The Balaban J connectivity index is 1.81. The molecular formula is C19H33N3O3. The van der Waals surface area contributed by atoms with Gasteiger partial charge in [-0.3, -0.25) is 9.59 Å². The van der Waals surface area contributed by atoms with Gasteiger partial charge in [-0.25, -0.2) is 0 Å². The van der Waals surface area contributed by atoms with Crippen LogP contribution in [0.4, 0.5) is 0 Å². The van der Waals surface area contributed by atoms with Gasteiger partial charge in [-0.15, -0.1) is 0 Å². The maximum Gasteiger partial charge on any atom is 0.248 e. The van der Waals surface area contributed by atoms with Crippen LogP contribution in [0.3, 0.4) is 0 Å². The van der Waals surface area contributed by atoms with Crippen LogP contribution in [0, 0.1) is 5.92 Å². The number of piperazine rings is 1. The predicted molar refractivity (Wildman–Crippen MR) is 96.0 cm³/mol. The lowest BCUT2D eigenvalue weighted by Gasteiger charge is -2.51. The molecule has 0 bridgehead atoms. The number of carbonyl (C=O) groups is 2. The van der Waals surface area contributed by atoms with E-state index in [-0.39, 0.29) is 17.7 Å². The van der Waals surface area contributed by atoms with Gasteiger partial charge in [0.25, 0.3) is 0 Å². The largest absolute Gasteiger partial charge is 0.390 e. The molecule has 6 nitrogen and oxygen atoms in total. The summed E-state index contributed by atoms with van der Waals surface area (Å²) in [6.45, 7) is 4.20. The summed E-state index contributed by atoms with van der Waals surface area (Å²) in [5.41, 5.74) is -0.722. The zero-order valence-corrected chi connectivity index (χ0v) is 15.4. The van der Waals surface area contributed by atoms with Crippen molar-refractivity contribution in [1.82, 2.24) is 15.5 Å². The quantitative estimate of drug-likeness (QED) is 0.695. The Hall–Kier alpha value is -1.14. The second-order valence-electron chi connectivity index (χ2n) is 7.96. The maximum atomic E-state index is 13.3. The molecule has 0 aromatic rings. The number of hydrogen-bond acceptors (Lipinski definition) is 4. The fraction of sp³-hybridized carbons (Fsp3) is 0.895. The van der Waals surface area contributed by atoms with E-state index >= 15 is 0 Å². The van der Waals surface area contributed by atoms with Gasteiger partial charge in [0.05, 0.1) is 6.10 Å². The maximum absolute atomic E-state index is 13.3. The van der Waals surface area contributed by atoms with E-state index in [1.54, 1.807) is 0 Å². The van der Waals surface area contributed by atoms with Crippen LogP contribution in [0.15, 0.2) is 0 Å². The van der Waals surface area contributed by atoms with E-state index in [1.807, 2.05) is 4.90 Å². The zero-order chi connectivity index (χ0) is 17.9. The average molecular weight is 351 g/mol. The van der Waals surface area contributed by atoms with E-state index in [4.69, 9.17) is 0 Å². The van der Waals surface area contributed by atoms with Crippen molar-refractivity contribution in [2.45, 2.75) is 82.4 Å². The predicted octanol–water partition coefficient (Wildman–Crippen LogP) is 1.18. The van der Waals surface area contributed by atoms with Crippen LogP contribution in [-0.4, -0.2) is 59.1 Å². The number of aliphatic hydroxyl groups excluding tert-OH is 1. The Morgan fingerprint density at radius 2 is 1.88 bits per heavy atom. The molecular weight excluding hydrogens is 318 g/mol. The van der Waals surface area contributed by atoms with E-state index in [0.717, 1.165) is 51.6 Å². The third kappa shape index (κ3) is 3.56. The summed E-state index contributed by atoms with van der Waals surface area (Å²) in [5, 5.41) is 17.1. The number of carbonyl (C=O) groups excluding carboxylic acids is 2. The first-order chi connectivity index (χ1) is 12.1. The molecule has 25 heavy (non-hydrogen) atoms. The SMILES string of the molecule is CCCCN1C(=O)[C@H]([C@@H](O)C2CCCCC2)NC(=O)C12CCNCC2. The van der Waals surface area contributed by atoms with Gasteiger partial charge in [-0.1, -0.05) is 32.6 Å². The number of hydrogen-bond donors (Lipinski definition) is 3. The Labute approximate surface area is 150 Å². The third-order valence-corrected chi connectivity index (χ3v) is 6.40. The van der Waals surface area contributed by atoms with E-state index < -0.39 is 17.7 Å². The molecule has 2 atom stereocenters. The molecule has 2 amide bonds. The van der Waals surface area contributed by atoms with Crippen LogP contribution < -0.4 is 10.6 Å². The van der Waals surface area contributed by atoms with Crippen molar-refractivity contribution in [2.24, 2.45) is 5.92 Å². The lowest BCUT2D eigenvalue weighted by Crippen LogP contribution is -2.75. The summed E-state index contributed by atoms with van der Waals surface area (Å²) in [6.07, 6.45) is 7.72. The van der Waals surface area contributed by atoms with Crippen molar-refractivity contribution in [3.05, 3.63) is 0 Å². The van der Waals surface area contributed by atoms with Crippen LogP contribution in [0.1, 0.15) is 64.7 Å². The fourth-order valence-corrected chi connectivity index (χ4v) is 4.80. The summed E-state index contributed by atoms with van der Waals surface area (Å²) in [4.78, 5) is 28.1. The molecule has 2 heterocycles. The van der Waals surface area contributed by atoms with Gasteiger partial charge in [-0.2, -0.15) is 0 Å². The number of nitrogens with zero attached hydrogens (tertiary/aromatic N) is 1. The highest BCUT2D eigenvalue weighted by Crippen LogP contribution is 2.34.